The van der Waals surface area contributed by atoms with Crippen molar-refractivity contribution >= 4 is 11.6 Å². The Bertz CT molecular complexity index is 478. The van der Waals surface area contributed by atoms with Gasteiger partial charge in [0.15, 0.2) is 0 Å². The third-order valence-electron chi connectivity index (χ3n) is 4.09. The lowest BCUT2D eigenvalue weighted by atomic mass is 9.69. The van der Waals surface area contributed by atoms with Crippen molar-refractivity contribution < 1.29 is 9.18 Å². The number of fused-ring (bicyclic) bond motifs is 2. The van der Waals surface area contributed by atoms with E-state index in [1.54, 1.807) is 6.07 Å². The van der Waals surface area contributed by atoms with Gasteiger partial charge >= 0.3 is 0 Å². The Labute approximate surface area is 99.2 Å². The molecule has 3 N–H and O–H groups in total. The number of para-hydroxylation sites is 1. The number of carbonyl (C=O) groups is 1. The van der Waals surface area contributed by atoms with Crippen molar-refractivity contribution in [2.24, 2.45) is 5.73 Å². The summed E-state index contributed by atoms with van der Waals surface area (Å²) in [4.78, 5) is 12.1. The Hall–Kier alpha value is -1.42. The molecule has 0 bridgehead atoms. The fourth-order valence-electron chi connectivity index (χ4n) is 3.03. The summed E-state index contributed by atoms with van der Waals surface area (Å²) >= 11 is 0. The molecule has 1 aliphatic carbocycles. The number of hydrogen-bond donors (Lipinski definition) is 2. The topological polar surface area (TPSA) is 55.1 Å². The summed E-state index contributed by atoms with van der Waals surface area (Å²) in [6.07, 6.45) is 3.08. The highest BCUT2D eigenvalue weighted by molar-refractivity contribution is 6.06. The highest BCUT2D eigenvalue weighted by Gasteiger charge is 2.48. The van der Waals surface area contributed by atoms with Gasteiger partial charge in [-0.15, -0.1) is 0 Å². The molecule has 1 fully saturated rings. The SMILES string of the molecule is NC1CCC2(CC1)C(=O)Nc1c(F)cccc12. The maximum atomic E-state index is 13.6. The zero-order valence-corrected chi connectivity index (χ0v) is 9.50. The van der Waals surface area contributed by atoms with E-state index in [1.165, 1.54) is 6.07 Å². The number of nitrogens with one attached hydrogen (secondary N) is 1. The lowest BCUT2D eigenvalue weighted by Crippen LogP contribution is -2.41. The number of nitrogens with two attached hydrogens (primary N) is 1. The van der Waals surface area contributed by atoms with Crippen LogP contribution < -0.4 is 11.1 Å². The van der Waals surface area contributed by atoms with Crippen molar-refractivity contribution in [1.82, 2.24) is 0 Å². The van der Waals surface area contributed by atoms with E-state index in [0.29, 0.717) is 5.69 Å². The smallest absolute Gasteiger partial charge is 0.235 e. The van der Waals surface area contributed by atoms with E-state index in [1.807, 2.05) is 6.07 Å². The fraction of sp³-hybridized carbons (Fsp3) is 0.462. The van der Waals surface area contributed by atoms with Gasteiger partial charge < -0.3 is 11.1 Å². The maximum absolute atomic E-state index is 13.6. The van der Waals surface area contributed by atoms with Crippen molar-refractivity contribution in [1.29, 1.82) is 0 Å². The average Bonchev–Trinajstić information content (AvgIpc) is 2.59. The van der Waals surface area contributed by atoms with E-state index in [0.717, 1.165) is 31.2 Å². The van der Waals surface area contributed by atoms with Crippen molar-refractivity contribution in [3.05, 3.63) is 29.6 Å². The molecular formula is C13H15FN2O. The van der Waals surface area contributed by atoms with E-state index < -0.39 is 5.41 Å². The van der Waals surface area contributed by atoms with Gasteiger partial charge in [-0.3, -0.25) is 4.79 Å². The largest absolute Gasteiger partial charge is 0.328 e. The predicted octanol–water partition coefficient (Wildman–Crippen LogP) is 1.92. The molecular weight excluding hydrogens is 219 g/mol. The summed E-state index contributed by atoms with van der Waals surface area (Å²) < 4.78 is 13.6. The second-order valence-corrected chi connectivity index (χ2v) is 5.04. The number of halogens is 1. The Morgan fingerprint density at radius 3 is 2.76 bits per heavy atom. The van der Waals surface area contributed by atoms with Crippen molar-refractivity contribution in [2.75, 3.05) is 5.32 Å². The second kappa shape index (κ2) is 3.53. The minimum absolute atomic E-state index is 0.0653. The predicted molar refractivity (Wildman–Crippen MR) is 63.2 cm³/mol. The molecule has 1 aromatic rings. The quantitative estimate of drug-likeness (QED) is 0.720. The van der Waals surface area contributed by atoms with Crippen LogP contribution >= 0.6 is 0 Å². The van der Waals surface area contributed by atoms with Crippen molar-refractivity contribution in [3.8, 4) is 0 Å². The van der Waals surface area contributed by atoms with Gasteiger partial charge in [0.1, 0.15) is 5.82 Å². The molecule has 2 aliphatic rings. The lowest BCUT2D eigenvalue weighted by Gasteiger charge is -2.34. The minimum atomic E-state index is -0.534. The second-order valence-electron chi connectivity index (χ2n) is 5.04. The van der Waals surface area contributed by atoms with Crippen LogP contribution in [0.1, 0.15) is 31.2 Å². The minimum Gasteiger partial charge on any atom is -0.328 e. The van der Waals surface area contributed by atoms with E-state index in [2.05, 4.69) is 5.32 Å². The van der Waals surface area contributed by atoms with Crippen LogP contribution in [0, 0.1) is 5.82 Å². The summed E-state index contributed by atoms with van der Waals surface area (Å²) in [5, 5.41) is 2.69. The number of carbonyl (C=O) groups excluding carboxylic acids is 1. The van der Waals surface area contributed by atoms with Crippen LogP contribution in [-0.2, 0) is 10.2 Å². The third kappa shape index (κ3) is 1.40. The molecule has 1 spiro atoms. The molecule has 3 nitrogen and oxygen atoms in total. The molecule has 0 atom stereocenters. The summed E-state index contributed by atoms with van der Waals surface area (Å²) in [5.41, 5.74) is 6.52. The molecule has 1 amide bonds. The number of benzene rings is 1. The van der Waals surface area contributed by atoms with E-state index in [4.69, 9.17) is 5.73 Å². The molecule has 1 aliphatic heterocycles. The first-order chi connectivity index (χ1) is 8.13. The maximum Gasteiger partial charge on any atom is 0.235 e. The molecule has 90 valence electrons. The first kappa shape index (κ1) is 10.7. The van der Waals surface area contributed by atoms with Crippen LogP contribution in [0.15, 0.2) is 18.2 Å². The zero-order valence-electron chi connectivity index (χ0n) is 9.50. The molecule has 0 unspecified atom stereocenters. The molecule has 0 aromatic heterocycles. The molecule has 0 saturated heterocycles. The van der Waals surface area contributed by atoms with Gasteiger partial charge in [0.05, 0.1) is 11.1 Å². The van der Waals surface area contributed by atoms with Crippen LogP contribution in [0.5, 0.6) is 0 Å². The number of anilines is 1. The van der Waals surface area contributed by atoms with Gasteiger partial charge in [-0.05, 0) is 37.3 Å². The lowest BCUT2D eigenvalue weighted by molar-refractivity contribution is -0.122. The molecule has 3 rings (SSSR count). The third-order valence-corrected chi connectivity index (χ3v) is 4.09. The zero-order chi connectivity index (χ0) is 12.0. The Balaban J connectivity index is 2.08. The number of amides is 1. The molecule has 1 heterocycles. The van der Waals surface area contributed by atoms with Crippen molar-refractivity contribution in [2.45, 2.75) is 37.1 Å². The Morgan fingerprint density at radius 1 is 1.35 bits per heavy atom. The highest BCUT2D eigenvalue weighted by Crippen LogP contribution is 2.47. The van der Waals surface area contributed by atoms with Gasteiger partial charge in [0.25, 0.3) is 0 Å². The van der Waals surface area contributed by atoms with Gasteiger partial charge in [0, 0.05) is 6.04 Å². The monoisotopic (exact) mass is 234 g/mol. The number of hydrogen-bond acceptors (Lipinski definition) is 2. The van der Waals surface area contributed by atoms with Gasteiger partial charge in [-0.1, -0.05) is 12.1 Å². The normalized spacial score (nSPS) is 31.4. The summed E-state index contributed by atoms with van der Waals surface area (Å²) in [6.45, 7) is 0. The Morgan fingerprint density at radius 2 is 2.06 bits per heavy atom. The van der Waals surface area contributed by atoms with Gasteiger partial charge in [-0.2, -0.15) is 0 Å². The van der Waals surface area contributed by atoms with Crippen LogP contribution in [0.3, 0.4) is 0 Å². The standard InChI is InChI=1S/C13H15FN2O/c14-10-3-1-2-9-11(10)16-12(17)13(9)6-4-8(15)5-7-13/h1-3,8H,4-7,15H2,(H,16,17). The van der Waals surface area contributed by atoms with E-state index in [-0.39, 0.29) is 17.8 Å². The molecule has 1 saturated carbocycles. The van der Waals surface area contributed by atoms with Crippen LogP contribution in [0.2, 0.25) is 0 Å². The molecule has 4 heteroatoms. The van der Waals surface area contributed by atoms with E-state index in [9.17, 15) is 9.18 Å². The van der Waals surface area contributed by atoms with Crippen LogP contribution in [0.25, 0.3) is 0 Å². The molecule has 17 heavy (non-hydrogen) atoms. The summed E-state index contributed by atoms with van der Waals surface area (Å²) in [6, 6.07) is 5.08. The van der Waals surface area contributed by atoms with Gasteiger partial charge in [-0.25, -0.2) is 4.39 Å². The Kier molecular flexibility index (Phi) is 2.23. The first-order valence-corrected chi connectivity index (χ1v) is 5.99. The van der Waals surface area contributed by atoms with Crippen LogP contribution in [0.4, 0.5) is 10.1 Å². The molecule has 1 aromatic carbocycles. The van der Waals surface area contributed by atoms with Crippen molar-refractivity contribution in [3.63, 3.8) is 0 Å². The number of rotatable bonds is 0. The van der Waals surface area contributed by atoms with E-state index >= 15 is 0 Å². The first-order valence-electron chi connectivity index (χ1n) is 5.99. The fourth-order valence-corrected chi connectivity index (χ4v) is 3.03. The van der Waals surface area contributed by atoms with Gasteiger partial charge in [0.2, 0.25) is 5.91 Å². The summed E-state index contributed by atoms with van der Waals surface area (Å²) in [5.74, 6) is -0.410. The highest BCUT2D eigenvalue weighted by atomic mass is 19.1. The average molecular weight is 234 g/mol. The van der Waals surface area contributed by atoms with Crippen LogP contribution in [-0.4, -0.2) is 11.9 Å². The molecule has 0 radical (unpaired) electrons. The summed E-state index contributed by atoms with van der Waals surface area (Å²) in [7, 11) is 0.